The van der Waals surface area contributed by atoms with Gasteiger partial charge in [-0.2, -0.15) is 0 Å². The van der Waals surface area contributed by atoms with Crippen molar-refractivity contribution in [2.75, 3.05) is 17.6 Å². The van der Waals surface area contributed by atoms with E-state index in [0.29, 0.717) is 5.02 Å². The van der Waals surface area contributed by atoms with Gasteiger partial charge in [0.05, 0.1) is 0 Å². The van der Waals surface area contributed by atoms with Crippen LogP contribution in [0.15, 0.2) is 42.5 Å². The molecule has 1 aliphatic rings. The van der Waals surface area contributed by atoms with Crippen LogP contribution >= 0.6 is 23.4 Å². The highest BCUT2D eigenvalue weighted by Crippen LogP contribution is 2.39. The van der Waals surface area contributed by atoms with Gasteiger partial charge in [0.1, 0.15) is 5.37 Å². The summed E-state index contributed by atoms with van der Waals surface area (Å²) in [7, 11) is 0. The van der Waals surface area contributed by atoms with Gasteiger partial charge in [-0.05, 0) is 42.7 Å². The number of amides is 2. The number of urea groups is 1. The Balaban J connectivity index is 1.81. The third-order valence-corrected chi connectivity index (χ3v) is 5.49. The molecule has 1 N–H and O–H groups in total. The molecule has 1 atom stereocenters. The molecular formula is C18H19ClN2OS. The Morgan fingerprint density at radius 1 is 1.22 bits per heavy atom. The number of nitrogens with one attached hydrogen (secondary N) is 1. The van der Waals surface area contributed by atoms with Crippen molar-refractivity contribution in [1.29, 1.82) is 0 Å². The molecule has 0 aromatic heterocycles. The van der Waals surface area contributed by atoms with Crippen LogP contribution in [0.1, 0.15) is 22.1 Å². The van der Waals surface area contributed by atoms with Gasteiger partial charge < -0.3 is 10.2 Å². The quantitative estimate of drug-likeness (QED) is 0.806. The van der Waals surface area contributed by atoms with E-state index in [0.717, 1.165) is 34.7 Å². The molecule has 120 valence electrons. The zero-order valence-corrected chi connectivity index (χ0v) is 14.7. The van der Waals surface area contributed by atoms with Crippen molar-refractivity contribution in [3.8, 4) is 0 Å². The second kappa shape index (κ2) is 6.85. The molecule has 0 radical (unpaired) electrons. The lowest BCUT2D eigenvalue weighted by Crippen LogP contribution is -2.34. The van der Waals surface area contributed by atoms with Crippen LogP contribution in [0.5, 0.6) is 0 Å². The molecular weight excluding hydrogens is 328 g/mol. The van der Waals surface area contributed by atoms with E-state index in [-0.39, 0.29) is 11.4 Å². The molecule has 5 heteroatoms. The molecule has 2 aromatic carbocycles. The smallest absolute Gasteiger partial charge is 0.308 e. The van der Waals surface area contributed by atoms with Crippen molar-refractivity contribution >= 4 is 35.1 Å². The summed E-state index contributed by atoms with van der Waals surface area (Å²) >= 11 is 7.86. The molecule has 0 spiro atoms. The summed E-state index contributed by atoms with van der Waals surface area (Å²) in [5, 5.41) is 3.79. The van der Waals surface area contributed by atoms with E-state index in [4.69, 9.17) is 11.6 Å². The van der Waals surface area contributed by atoms with Gasteiger partial charge >= 0.3 is 6.03 Å². The Labute approximate surface area is 146 Å². The Morgan fingerprint density at radius 2 is 1.91 bits per heavy atom. The molecule has 23 heavy (non-hydrogen) atoms. The Bertz CT molecular complexity index is 714. The molecule has 1 heterocycles. The molecule has 0 saturated carbocycles. The molecule has 1 saturated heterocycles. The second-order valence-electron chi connectivity index (χ2n) is 5.67. The minimum Gasteiger partial charge on any atom is -0.308 e. The van der Waals surface area contributed by atoms with Gasteiger partial charge in [0.2, 0.25) is 0 Å². The summed E-state index contributed by atoms with van der Waals surface area (Å²) in [5.41, 5.74) is 4.12. The van der Waals surface area contributed by atoms with Gasteiger partial charge in [-0.1, -0.05) is 41.9 Å². The van der Waals surface area contributed by atoms with Crippen LogP contribution in [0, 0.1) is 13.8 Å². The van der Waals surface area contributed by atoms with Gasteiger partial charge in [-0.25, -0.2) is 4.79 Å². The number of thioether (sulfide) groups is 1. The number of benzene rings is 2. The number of aryl methyl sites for hydroxylation is 2. The third kappa shape index (κ3) is 3.48. The lowest BCUT2D eigenvalue weighted by molar-refractivity contribution is 0.214. The van der Waals surface area contributed by atoms with Crippen molar-refractivity contribution < 1.29 is 4.79 Å². The van der Waals surface area contributed by atoms with Crippen molar-refractivity contribution in [2.45, 2.75) is 19.2 Å². The molecule has 3 rings (SSSR count). The largest absolute Gasteiger partial charge is 0.323 e. The number of hydrogen-bond acceptors (Lipinski definition) is 2. The number of hydrogen-bond donors (Lipinski definition) is 1. The normalized spacial score (nSPS) is 17.3. The number of halogens is 1. The summed E-state index contributed by atoms with van der Waals surface area (Å²) < 4.78 is 0. The van der Waals surface area contributed by atoms with Crippen LogP contribution in [-0.4, -0.2) is 23.2 Å². The first-order chi connectivity index (χ1) is 11.1. The number of carbonyl (C=O) groups is 1. The van der Waals surface area contributed by atoms with Gasteiger partial charge in [0, 0.05) is 23.0 Å². The first-order valence-corrected chi connectivity index (χ1v) is 9.00. The first kappa shape index (κ1) is 16.2. The Hall–Kier alpha value is -1.65. The SMILES string of the molecule is Cc1cccc(C)c1NC(=O)N1CCS[C@H]1c1cccc(Cl)c1. The fraction of sp³-hybridized carbons (Fsp3) is 0.278. The molecule has 0 unspecified atom stereocenters. The fourth-order valence-electron chi connectivity index (χ4n) is 2.80. The number of rotatable bonds is 2. The van der Waals surface area contributed by atoms with E-state index in [2.05, 4.69) is 5.32 Å². The summed E-state index contributed by atoms with van der Waals surface area (Å²) in [6.45, 7) is 4.75. The molecule has 3 nitrogen and oxygen atoms in total. The van der Waals surface area contributed by atoms with Gasteiger partial charge in [-0.3, -0.25) is 0 Å². The van der Waals surface area contributed by atoms with Gasteiger partial charge in [0.15, 0.2) is 0 Å². The second-order valence-corrected chi connectivity index (χ2v) is 7.29. The lowest BCUT2D eigenvalue weighted by atomic mass is 10.1. The summed E-state index contributed by atoms with van der Waals surface area (Å²) in [5.74, 6) is 0.928. The average Bonchev–Trinajstić information content (AvgIpc) is 3.00. The van der Waals surface area contributed by atoms with Crippen molar-refractivity contribution in [1.82, 2.24) is 4.90 Å². The predicted molar refractivity (Wildman–Crippen MR) is 98.3 cm³/mol. The highest BCUT2D eigenvalue weighted by Gasteiger charge is 2.31. The van der Waals surface area contributed by atoms with E-state index in [9.17, 15) is 4.79 Å². The standard InChI is InChI=1S/C18H19ClN2OS/c1-12-5-3-6-13(2)16(12)20-18(22)21-9-10-23-17(21)14-7-4-8-15(19)11-14/h3-8,11,17H,9-10H2,1-2H3,(H,20,22)/t17-/m0/s1. The number of para-hydroxylation sites is 1. The zero-order valence-electron chi connectivity index (χ0n) is 13.2. The summed E-state index contributed by atoms with van der Waals surface area (Å²) in [6, 6.07) is 13.7. The van der Waals surface area contributed by atoms with E-state index < -0.39 is 0 Å². The maximum atomic E-state index is 12.8. The molecule has 2 aromatic rings. The van der Waals surface area contributed by atoms with E-state index >= 15 is 0 Å². The van der Waals surface area contributed by atoms with Crippen LogP contribution in [0.4, 0.5) is 10.5 Å². The monoisotopic (exact) mass is 346 g/mol. The summed E-state index contributed by atoms with van der Waals surface area (Å²) in [6.07, 6.45) is 0. The van der Waals surface area contributed by atoms with E-state index in [1.54, 1.807) is 11.8 Å². The van der Waals surface area contributed by atoms with Crippen LogP contribution in [0.2, 0.25) is 5.02 Å². The van der Waals surface area contributed by atoms with Gasteiger partial charge in [0.25, 0.3) is 0 Å². The first-order valence-electron chi connectivity index (χ1n) is 7.57. The van der Waals surface area contributed by atoms with E-state index in [1.807, 2.05) is 61.2 Å². The Morgan fingerprint density at radius 3 is 2.61 bits per heavy atom. The van der Waals surface area contributed by atoms with Gasteiger partial charge in [-0.15, -0.1) is 11.8 Å². The Kier molecular flexibility index (Phi) is 4.83. The predicted octanol–water partition coefficient (Wildman–Crippen LogP) is 5.24. The van der Waals surface area contributed by atoms with Crippen LogP contribution < -0.4 is 5.32 Å². The highest BCUT2D eigenvalue weighted by atomic mass is 35.5. The maximum absolute atomic E-state index is 12.8. The fourth-order valence-corrected chi connectivity index (χ4v) is 4.25. The molecule has 2 amide bonds. The summed E-state index contributed by atoms with van der Waals surface area (Å²) in [4.78, 5) is 14.6. The molecule has 1 fully saturated rings. The lowest BCUT2D eigenvalue weighted by Gasteiger charge is -2.25. The maximum Gasteiger partial charge on any atom is 0.323 e. The highest BCUT2D eigenvalue weighted by molar-refractivity contribution is 7.99. The average molecular weight is 347 g/mol. The van der Waals surface area contributed by atoms with E-state index in [1.165, 1.54) is 0 Å². The topological polar surface area (TPSA) is 32.3 Å². The number of nitrogens with zero attached hydrogens (tertiary/aromatic N) is 1. The van der Waals surface area contributed by atoms with Crippen molar-refractivity contribution in [2.24, 2.45) is 0 Å². The minimum absolute atomic E-state index is 0.0121. The van der Waals surface area contributed by atoms with Crippen molar-refractivity contribution in [3.63, 3.8) is 0 Å². The number of carbonyl (C=O) groups excluding carboxylic acids is 1. The minimum atomic E-state index is -0.0580. The molecule has 0 bridgehead atoms. The zero-order chi connectivity index (χ0) is 16.4. The molecule has 1 aliphatic heterocycles. The molecule has 0 aliphatic carbocycles. The number of anilines is 1. The van der Waals surface area contributed by atoms with Crippen LogP contribution in [-0.2, 0) is 0 Å². The third-order valence-electron chi connectivity index (χ3n) is 4.00. The van der Waals surface area contributed by atoms with Crippen molar-refractivity contribution in [3.05, 3.63) is 64.2 Å². The van der Waals surface area contributed by atoms with Crippen LogP contribution in [0.25, 0.3) is 0 Å². The van der Waals surface area contributed by atoms with Crippen LogP contribution in [0.3, 0.4) is 0 Å².